The number of pyridine rings is 2. The van der Waals surface area contributed by atoms with Gasteiger partial charge in [-0.2, -0.15) is 0 Å². The first kappa shape index (κ1) is 30.0. The topological polar surface area (TPSA) is 73.3 Å². The SMILES string of the molecule is CC.CC.COc1ccc(CNC(=O)c2cc(-c3cc(C)cc(C)c3)cnc2-c2cccnc2)cc1OC. The van der Waals surface area contributed by atoms with Gasteiger partial charge in [-0.1, -0.05) is 63.1 Å². The van der Waals surface area contributed by atoms with Gasteiger partial charge >= 0.3 is 0 Å². The van der Waals surface area contributed by atoms with Gasteiger partial charge in [-0.25, -0.2) is 0 Å². The van der Waals surface area contributed by atoms with E-state index < -0.39 is 0 Å². The molecule has 6 heteroatoms. The lowest BCUT2D eigenvalue weighted by Gasteiger charge is -2.13. The van der Waals surface area contributed by atoms with Crippen LogP contribution in [0, 0.1) is 13.8 Å². The molecule has 0 saturated carbocycles. The first-order valence-corrected chi connectivity index (χ1v) is 13.0. The van der Waals surface area contributed by atoms with Crippen LogP contribution in [0.2, 0.25) is 0 Å². The van der Waals surface area contributed by atoms with Crippen molar-refractivity contribution in [2.75, 3.05) is 14.2 Å². The molecule has 1 N–H and O–H groups in total. The highest BCUT2D eigenvalue weighted by atomic mass is 16.5. The predicted molar refractivity (Wildman–Crippen MR) is 156 cm³/mol. The summed E-state index contributed by atoms with van der Waals surface area (Å²) in [5.41, 5.74) is 6.98. The fraction of sp³-hybridized carbons (Fsp3) is 0.281. The standard InChI is InChI=1S/C28H27N3O3.2C2H6/c1-18-10-19(2)12-22(11-18)23-14-24(27(30-17-23)21-6-5-9-29-16-21)28(32)31-15-20-7-8-25(33-3)26(13-20)34-4;2*1-2/h5-14,16-17H,15H2,1-4H3,(H,31,32);2*1-2H3. The molecule has 0 spiro atoms. The summed E-state index contributed by atoms with van der Waals surface area (Å²) >= 11 is 0. The highest BCUT2D eigenvalue weighted by molar-refractivity contribution is 6.01. The Balaban J connectivity index is 0.00000121. The molecule has 0 radical (unpaired) electrons. The molecule has 2 aromatic carbocycles. The van der Waals surface area contributed by atoms with Crippen molar-refractivity contribution in [3.05, 3.63) is 95.4 Å². The molecular weight excluding hydrogens is 474 g/mol. The Kier molecular flexibility index (Phi) is 12.0. The second-order valence-electron chi connectivity index (χ2n) is 8.11. The van der Waals surface area contributed by atoms with E-state index in [0.717, 1.165) is 33.4 Å². The summed E-state index contributed by atoms with van der Waals surface area (Å²) < 4.78 is 10.7. The molecule has 6 nitrogen and oxygen atoms in total. The molecule has 0 unspecified atom stereocenters. The average molecular weight is 514 g/mol. The van der Waals surface area contributed by atoms with Crippen LogP contribution in [0.1, 0.15) is 54.7 Å². The lowest BCUT2D eigenvalue weighted by molar-refractivity contribution is 0.0951. The highest BCUT2D eigenvalue weighted by Gasteiger charge is 2.17. The van der Waals surface area contributed by atoms with Gasteiger partial charge in [0.15, 0.2) is 11.5 Å². The summed E-state index contributed by atoms with van der Waals surface area (Å²) in [6, 6.07) is 17.5. The normalized spacial score (nSPS) is 9.79. The van der Waals surface area contributed by atoms with Crippen LogP contribution in [0.25, 0.3) is 22.4 Å². The largest absolute Gasteiger partial charge is 0.493 e. The molecule has 0 fully saturated rings. The molecule has 2 heterocycles. The maximum atomic E-state index is 13.4. The lowest BCUT2D eigenvalue weighted by atomic mass is 9.98. The van der Waals surface area contributed by atoms with Crippen LogP contribution in [0.4, 0.5) is 0 Å². The van der Waals surface area contributed by atoms with Crippen molar-refractivity contribution in [3.63, 3.8) is 0 Å². The zero-order chi connectivity index (χ0) is 28.1. The van der Waals surface area contributed by atoms with Gasteiger partial charge in [0.25, 0.3) is 5.91 Å². The van der Waals surface area contributed by atoms with Crippen molar-refractivity contribution in [2.24, 2.45) is 0 Å². The van der Waals surface area contributed by atoms with E-state index in [9.17, 15) is 4.79 Å². The number of methoxy groups -OCH3 is 2. The molecule has 1 amide bonds. The molecule has 0 aliphatic carbocycles. The lowest BCUT2D eigenvalue weighted by Crippen LogP contribution is -2.24. The number of carbonyl (C=O) groups is 1. The van der Waals surface area contributed by atoms with Gasteiger partial charge in [0.05, 0.1) is 25.5 Å². The number of nitrogens with zero attached hydrogens (tertiary/aromatic N) is 2. The molecule has 0 aliphatic heterocycles. The van der Waals surface area contributed by atoms with Gasteiger partial charge in [-0.05, 0) is 55.3 Å². The Bertz CT molecular complexity index is 1300. The molecule has 0 bridgehead atoms. The molecule has 4 rings (SSSR count). The Morgan fingerprint density at radius 1 is 0.789 bits per heavy atom. The second-order valence-corrected chi connectivity index (χ2v) is 8.11. The average Bonchev–Trinajstić information content (AvgIpc) is 2.97. The molecule has 4 aromatic rings. The molecule has 38 heavy (non-hydrogen) atoms. The first-order chi connectivity index (χ1) is 18.5. The zero-order valence-electron chi connectivity index (χ0n) is 23.8. The number of benzene rings is 2. The van der Waals surface area contributed by atoms with E-state index >= 15 is 0 Å². The van der Waals surface area contributed by atoms with Crippen molar-refractivity contribution < 1.29 is 14.3 Å². The number of hydrogen-bond acceptors (Lipinski definition) is 5. The molecular formula is C32H39N3O3. The van der Waals surface area contributed by atoms with Crippen molar-refractivity contribution >= 4 is 5.91 Å². The summed E-state index contributed by atoms with van der Waals surface area (Å²) in [7, 11) is 3.18. The summed E-state index contributed by atoms with van der Waals surface area (Å²) in [5, 5.41) is 3.02. The van der Waals surface area contributed by atoms with Gasteiger partial charge in [0, 0.05) is 36.3 Å². The Labute approximate surface area is 227 Å². The quantitative estimate of drug-likeness (QED) is 0.278. The number of carbonyl (C=O) groups excluding carboxylic acids is 1. The van der Waals surface area contributed by atoms with Crippen LogP contribution in [0.3, 0.4) is 0 Å². The molecule has 200 valence electrons. The molecule has 2 aromatic heterocycles. The number of ether oxygens (including phenoxy) is 2. The minimum atomic E-state index is -0.215. The third-order valence-electron chi connectivity index (χ3n) is 5.52. The number of nitrogens with one attached hydrogen (secondary N) is 1. The van der Waals surface area contributed by atoms with Gasteiger partial charge in [0.1, 0.15) is 0 Å². The maximum absolute atomic E-state index is 13.4. The predicted octanol–water partition coefficient (Wildman–Crippen LogP) is 7.43. The van der Waals surface area contributed by atoms with E-state index in [2.05, 4.69) is 47.3 Å². The van der Waals surface area contributed by atoms with Crippen LogP contribution in [-0.4, -0.2) is 30.1 Å². The Morgan fingerprint density at radius 3 is 2.08 bits per heavy atom. The number of hydrogen-bond donors (Lipinski definition) is 1. The fourth-order valence-electron chi connectivity index (χ4n) is 3.94. The number of rotatable bonds is 7. The van der Waals surface area contributed by atoms with Gasteiger partial charge in [-0.3, -0.25) is 14.8 Å². The van der Waals surface area contributed by atoms with E-state index in [4.69, 9.17) is 9.47 Å². The van der Waals surface area contributed by atoms with Crippen molar-refractivity contribution in [1.82, 2.24) is 15.3 Å². The van der Waals surface area contributed by atoms with Crippen molar-refractivity contribution in [3.8, 4) is 33.9 Å². The first-order valence-electron chi connectivity index (χ1n) is 13.0. The minimum absolute atomic E-state index is 0.215. The summed E-state index contributed by atoms with van der Waals surface area (Å²) in [6.45, 7) is 12.5. The number of aromatic nitrogens is 2. The number of amides is 1. The Morgan fingerprint density at radius 2 is 1.47 bits per heavy atom. The smallest absolute Gasteiger partial charge is 0.253 e. The Hall–Kier alpha value is -4.19. The van der Waals surface area contributed by atoms with Crippen molar-refractivity contribution in [1.29, 1.82) is 0 Å². The van der Waals surface area contributed by atoms with E-state index in [1.165, 1.54) is 0 Å². The van der Waals surface area contributed by atoms with Crippen LogP contribution in [0.5, 0.6) is 11.5 Å². The molecule has 0 atom stereocenters. The third kappa shape index (κ3) is 7.65. The number of aryl methyl sites for hydroxylation is 2. The van der Waals surface area contributed by atoms with Crippen LogP contribution in [0.15, 0.2) is 73.2 Å². The van der Waals surface area contributed by atoms with E-state index in [1.54, 1.807) is 26.6 Å². The fourth-order valence-corrected chi connectivity index (χ4v) is 3.94. The van der Waals surface area contributed by atoms with Crippen molar-refractivity contribution in [2.45, 2.75) is 48.1 Å². The highest BCUT2D eigenvalue weighted by Crippen LogP contribution is 2.29. The summed E-state index contributed by atoms with van der Waals surface area (Å²) in [5.74, 6) is 1.04. The third-order valence-corrected chi connectivity index (χ3v) is 5.52. The van der Waals surface area contributed by atoms with E-state index in [0.29, 0.717) is 29.3 Å². The second kappa shape index (κ2) is 15.2. The molecule has 0 saturated heterocycles. The van der Waals surface area contributed by atoms with Crippen LogP contribution < -0.4 is 14.8 Å². The summed E-state index contributed by atoms with van der Waals surface area (Å²) in [6.07, 6.45) is 5.22. The van der Waals surface area contributed by atoms with Gasteiger partial charge in [-0.15, -0.1) is 0 Å². The zero-order valence-corrected chi connectivity index (χ0v) is 23.8. The van der Waals surface area contributed by atoms with Crippen LogP contribution in [-0.2, 0) is 6.54 Å². The van der Waals surface area contributed by atoms with E-state index in [1.807, 2.05) is 70.3 Å². The van der Waals surface area contributed by atoms with E-state index in [-0.39, 0.29) is 5.91 Å². The molecule has 0 aliphatic rings. The van der Waals surface area contributed by atoms with Gasteiger partial charge < -0.3 is 14.8 Å². The van der Waals surface area contributed by atoms with Gasteiger partial charge in [0.2, 0.25) is 0 Å². The minimum Gasteiger partial charge on any atom is -0.493 e. The van der Waals surface area contributed by atoms with Crippen LogP contribution >= 0.6 is 0 Å². The monoisotopic (exact) mass is 513 g/mol. The maximum Gasteiger partial charge on any atom is 0.253 e. The summed E-state index contributed by atoms with van der Waals surface area (Å²) in [4.78, 5) is 22.2.